The first-order valence-electron chi connectivity index (χ1n) is 8.79. The summed E-state index contributed by atoms with van der Waals surface area (Å²) in [5, 5.41) is 5.11. The Bertz CT molecular complexity index is 720. The molecule has 0 aliphatic carbocycles. The number of nitrogens with one attached hydrogen (secondary N) is 1. The molecule has 2 aromatic carbocycles. The summed E-state index contributed by atoms with van der Waals surface area (Å²) in [5.74, 6) is 0.0560. The van der Waals surface area contributed by atoms with Gasteiger partial charge in [0.2, 0.25) is 11.8 Å². The van der Waals surface area contributed by atoms with E-state index in [0.29, 0.717) is 32.6 Å². The molecule has 0 bridgehead atoms. The van der Waals surface area contributed by atoms with Crippen molar-refractivity contribution < 1.29 is 9.59 Å². The van der Waals surface area contributed by atoms with Crippen molar-refractivity contribution in [3.05, 3.63) is 42.5 Å². The third-order valence-corrected chi connectivity index (χ3v) is 4.31. The van der Waals surface area contributed by atoms with E-state index >= 15 is 0 Å². The average Bonchev–Trinajstić information content (AvgIpc) is 2.61. The number of hydrogen-bond donors (Lipinski definition) is 1. The molecule has 2 rings (SSSR count). The minimum absolute atomic E-state index is 0.0431. The molecule has 1 N–H and O–H groups in total. The SMILES string of the molecule is CCN(CC)C(=O)CN(C)CCC(=O)Nc1cccc2ccccc12. The Hall–Kier alpha value is -2.40. The lowest BCUT2D eigenvalue weighted by Gasteiger charge is -2.22. The van der Waals surface area contributed by atoms with Gasteiger partial charge in [0.1, 0.15) is 0 Å². The minimum atomic E-state index is -0.0431. The number of nitrogens with zero attached hydrogens (tertiary/aromatic N) is 2. The van der Waals surface area contributed by atoms with Crippen LogP contribution in [-0.4, -0.2) is 54.8 Å². The topological polar surface area (TPSA) is 52.7 Å². The van der Waals surface area contributed by atoms with Gasteiger partial charge in [0.15, 0.2) is 0 Å². The molecule has 0 saturated carbocycles. The number of carbonyl (C=O) groups is 2. The van der Waals surface area contributed by atoms with Crippen LogP contribution in [0.1, 0.15) is 20.3 Å². The van der Waals surface area contributed by atoms with Crippen LogP contribution in [0.2, 0.25) is 0 Å². The Labute approximate surface area is 149 Å². The second-order valence-electron chi connectivity index (χ2n) is 6.13. The van der Waals surface area contributed by atoms with Crippen molar-refractivity contribution in [3.8, 4) is 0 Å². The molecular weight excluding hydrogens is 314 g/mol. The predicted octanol–water partition coefficient (Wildman–Crippen LogP) is 2.97. The molecule has 2 aromatic rings. The minimum Gasteiger partial charge on any atom is -0.342 e. The predicted molar refractivity (Wildman–Crippen MR) is 103 cm³/mol. The zero-order valence-corrected chi connectivity index (χ0v) is 15.3. The monoisotopic (exact) mass is 341 g/mol. The average molecular weight is 341 g/mol. The van der Waals surface area contributed by atoms with E-state index in [9.17, 15) is 9.59 Å². The first kappa shape index (κ1) is 18.9. The molecule has 0 atom stereocenters. The van der Waals surface area contributed by atoms with Crippen LogP contribution in [0.3, 0.4) is 0 Å². The van der Waals surface area contributed by atoms with E-state index in [1.54, 1.807) is 4.90 Å². The maximum atomic E-state index is 12.3. The zero-order chi connectivity index (χ0) is 18.2. The number of likely N-dealkylation sites (N-methyl/N-ethyl adjacent to an activating group) is 2. The van der Waals surface area contributed by atoms with Crippen molar-refractivity contribution in [1.82, 2.24) is 9.80 Å². The highest BCUT2D eigenvalue weighted by Crippen LogP contribution is 2.22. The van der Waals surface area contributed by atoms with Gasteiger partial charge in [0, 0.05) is 37.1 Å². The lowest BCUT2D eigenvalue weighted by atomic mass is 10.1. The molecule has 25 heavy (non-hydrogen) atoms. The molecule has 0 radical (unpaired) electrons. The number of amides is 2. The summed E-state index contributed by atoms with van der Waals surface area (Å²) >= 11 is 0. The molecule has 0 spiro atoms. The van der Waals surface area contributed by atoms with Crippen molar-refractivity contribution in [1.29, 1.82) is 0 Å². The number of anilines is 1. The van der Waals surface area contributed by atoms with E-state index in [4.69, 9.17) is 0 Å². The van der Waals surface area contributed by atoms with Crippen molar-refractivity contribution in [2.75, 3.05) is 38.5 Å². The van der Waals surface area contributed by atoms with Crippen LogP contribution >= 0.6 is 0 Å². The molecular formula is C20H27N3O2. The fraction of sp³-hybridized carbons (Fsp3) is 0.400. The fourth-order valence-corrected chi connectivity index (χ4v) is 2.83. The van der Waals surface area contributed by atoms with Crippen LogP contribution in [0.4, 0.5) is 5.69 Å². The number of fused-ring (bicyclic) bond motifs is 1. The highest BCUT2D eigenvalue weighted by Gasteiger charge is 2.13. The van der Waals surface area contributed by atoms with Gasteiger partial charge in [0.05, 0.1) is 6.54 Å². The first-order chi connectivity index (χ1) is 12.0. The van der Waals surface area contributed by atoms with Crippen LogP contribution in [-0.2, 0) is 9.59 Å². The molecule has 5 nitrogen and oxygen atoms in total. The van der Waals surface area contributed by atoms with Crippen molar-refractivity contribution in [3.63, 3.8) is 0 Å². The number of benzene rings is 2. The van der Waals surface area contributed by atoms with E-state index < -0.39 is 0 Å². The quantitative estimate of drug-likeness (QED) is 0.803. The van der Waals surface area contributed by atoms with E-state index in [1.165, 1.54) is 0 Å². The summed E-state index contributed by atoms with van der Waals surface area (Å²) in [6, 6.07) is 13.8. The summed E-state index contributed by atoms with van der Waals surface area (Å²) in [6.45, 7) is 6.25. The van der Waals surface area contributed by atoms with Gasteiger partial charge in [-0.3, -0.25) is 14.5 Å². The summed E-state index contributed by atoms with van der Waals surface area (Å²) in [6.07, 6.45) is 0.352. The van der Waals surface area contributed by atoms with Gasteiger partial charge in [-0.05, 0) is 32.3 Å². The van der Waals surface area contributed by atoms with E-state index in [-0.39, 0.29) is 11.8 Å². The van der Waals surface area contributed by atoms with Gasteiger partial charge in [0.25, 0.3) is 0 Å². The van der Waals surface area contributed by atoms with Crippen molar-refractivity contribution in [2.24, 2.45) is 0 Å². The van der Waals surface area contributed by atoms with Gasteiger partial charge < -0.3 is 10.2 Å². The van der Waals surface area contributed by atoms with E-state index in [0.717, 1.165) is 16.5 Å². The molecule has 2 amide bonds. The van der Waals surface area contributed by atoms with Crippen LogP contribution in [0.15, 0.2) is 42.5 Å². The molecule has 0 aromatic heterocycles. The van der Waals surface area contributed by atoms with Crippen LogP contribution < -0.4 is 5.32 Å². The van der Waals surface area contributed by atoms with Gasteiger partial charge in [-0.1, -0.05) is 36.4 Å². The van der Waals surface area contributed by atoms with Gasteiger partial charge in [-0.15, -0.1) is 0 Å². The second kappa shape index (κ2) is 9.18. The maximum Gasteiger partial charge on any atom is 0.236 e. The normalized spacial score (nSPS) is 10.9. The smallest absolute Gasteiger partial charge is 0.236 e. The Morgan fingerprint density at radius 3 is 2.40 bits per heavy atom. The molecule has 0 saturated heterocycles. The molecule has 0 aliphatic rings. The third-order valence-electron chi connectivity index (χ3n) is 4.31. The van der Waals surface area contributed by atoms with Crippen LogP contribution in [0.5, 0.6) is 0 Å². The van der Waals surface area contributed by atoms with Gasteiger partial charge in [-0.25, -0.2) is 0 Å². The zero-order valence-electron chi connectivity index (χ0n) is 15.3. The Balaban J connectivity index is 1.87. The summed E-state index contributed by atoms with van der Waals surface area (Å²) in [4.78, 5) is 28.0. The molecule has 0 unspecified atom stereocenters. The first-order valence-corrected chi connectivity index (χ1v) is 8.79. The van der Waals surface area contributed by atoms with E-state index in [1.807, 2.05) is 68.3 Å². The van der Waals surface area contributed by atoms with Gasteiger partial charge >= 0.3 is 0 Å². The number of carbonyl (C=O) groups excluding carboxylic acids is 2. The summed E-state index contributed by atoms with van der Waals surface area (Å²) in [7, 11) is 1.87. The molecule has 0 heterocycles. The Morgan fingerprint density at radius 2 is 1.68 bits per heavy atom. The van der Waals surface area contributed by atoms with Crippen molar-refractivity contribution >= 4 is 28.3 Å². The largest absolute Gasteiger partial charge is 0.342 e. The second-order valence-corrected chi connectivity index (χ2v) is 6.13. The van der Waals surface area contributed by atoms with E-state index in [2.05, 4.69) is 5.32 Å². The highest BCUT2D eigenvalue weighted by molar-refractivity contribution is 6.02. The molecule has 0 aliphatic heterocycles. The fourth-order valence-electron chi connectivity index (χ4n) is 2.83. The van der Waals surface area contributed by atoms with Crippen LogP contribution in [0.25, 0.3) is 10.8 Å². The van der Waals surface area contributed by atoms with Crippen molar-refractivity contribution in [2.45, 2.75) is 20.3 Å². The number of hydrogen-bond acceptors (Lipinski definition) is 3. The maximum absolute atomic E-state index is 12.3. The molecule has 5 heteroatoms. The van der Waals surface area contributed by atoms with Gasteiger partial charge in [-0.2, -0.15) is 0 Å². The summed E-state index contributed by atoms with van der Waals surface area (Å²) < 4.78 is 0. The molecule has 134 valence electrons. The Morgan fingerprint density at radius 1 is 1.00 bits per heavy atom. The lowest BCUT2D eigenvalue weighted by molar-refractivity contribution is -0.132. The summed E-state index contributed by atoms with van der Waals surface area (Å²) in [5.41, 5.74) is 0.824. The standard InChI is InChI=1S/C20H27N3O2/c1-4-23(5-2)20(25)15-22(3)14-13-19(24)21-18-12-8-10-16-9-6-7-11-17(16)18/h6-12H,4-5,13-15H2,1-3H3,(H,21,24). The highest BCUT2D eigenvalue weighted by atomic mass is 16.2. The van der Waals surface area contributed by atoms with Crippen LogP contribution in [0, 0.1) is 0 Å². The molecule has 0 fully saturated rings. The number of rotatable bonds is 8. The lowest BCUT2D eigenvalue weighted by Crippen LogP contribution is -2.39. The Kier molecular flexibility index (Phi) is 6.95. The third kappa shape index (κ3) is 5.29.